The minimum atomic E-state index is -0.411. The summed E-state index contributed by atoms with van der Waals surface area (Å²) in [4.78, 5) is 23.3. The highest BCUT2D eigenvalue weighted by Crippen LogP contribution is 2.36. The van der Waals surface area contributed by atoms with E-state index >= 15 is 0 Å². The van der Waals surface area contributed by atoms with E-state index in [0.717, 1.165) is 5.57 Å². The molecular weight excluding hydrogens is 208 g/mol. The Morgan fingerprint density at radius 3 is 1.81 bits per heavy atom. The van der Waals surface area contributed by atoms with Gasteiger partial charge in [0.25, 0.3) is 0 Å². The monoisotopic (exact) mass is 226 g/mol. The molecule has 0 aromatic heterocycles. The third-order valence-electron chi connectivity index (χ3n) is 2.68. The predicted molar refractivity (Wildman–Crippen MR) is 58.6 cm³/mol. The Balaban J connectivity index is 2.69. The second kappa shape index (κ2) is 5.68. The van der Waals surface area contributed by atoms with E-state index in [1.54, 1.807) is 13.8 Å². The SMILES string of the molecule is C=C1CC(C(=O)OCC)C(C(=O)OCC)C1. The van der Waals surface area contributed by atoms with E-state index in [-0.39, 0.29) is 11.9 Å². The van der Waals surface area contributed by atoms with Gasteiger partial charge in [0.1, 0.15) is 0 Å². The number of hydrogen-bond acceptors (Lipinski definition) is 4. The van der Waals surface area contributed by atoms with E-state index in [1.807, 2.05) is 0 Å². The molecule has 0 N–H and O–H groups in total. The van der Waals surface area contributed by atoms with Gasteiger partial charge in [0.2, 0.25) is 0 Å². The quantitative estimate of drug-likeness (QED) is 0.540. The first-order valence-corrected chi connectivity index (χ1v) is 5.60. The molecule has 1 aliphatic rings. The van der Waals surface area contributed by atoms with Gasteiger partial charge in [-0.05, 0) is 26.7 Å². The van der Waals surface area contributed by atoms with Gasteiger partial charge in [-0.1, -0.05) is 12.2 Å². The van der Waals surface area contributed by atoms with Crippen LogP contribution < -0.4 is 0 Å². The number of esters is 2. The number of ether oxygens (including phenoxy) is 2. The summed E-state index contributed by atoms with van der Waals surface area (Å²) in [6.07, 6.45) is 1.06. The fourth-order valence-corrected chi connectivity index (χ4v) is 1.98. The Morgan fingerprint density at radius 1 is 1.12 bits per heavy atom. The standard InChI is InChI=1S/C12H18O4/c1-4-15-11(13)9-6-8(3)7-10(9)12(14)16-5-2/h9-10H,3-7H2,1-2H3. The first-order chi connectivity index (χ1) is 7.60. The smallest absolute Gasteiger partial charge is 0.310 e. The molecule has 0 spiro atoms. The third-order valence-corrected chi connectivity index (χ3v) is 2.68. The highest BCUT2D eigenvalue weighted by atomic mass is 16.5. The van der Waals surface area contributed by atoms with Crippen molar-refractivity contribution < 1.29 is 19.1 Å². The van der Waals surface area contributed by atoms with Gasteiger partial charge < -0.3 is 9.47 Å². The summed E-state index contributed by atoms with van der Waals surface area (Å²) < 4.78 is 9.89. The molecule has 0 saturated heterocycles. The fourth-order valence-electron chi connectivity index (χ4n) is 1.98. The first-order valence-electron chi connectivity index (χ1n) is 5.60. The van der Waals surface area contributed by atoms with Crippen LogP contribution in [0.4, 0.5) is 0 Å². The molecule has 16 heavy (non-hydrogen) atoms. The summed E-state index contributed by atoms with van der Waals surface area (Å²) in [6.45, 7) is 7.99. The zero-order chi connectivity index (χ0) is 12.1. The molecule has 0 aliphatic heterocycles. The molecule has 0 radical (unpaired) electrons. The van der Waals surface area contributed by atoms with Crippen molar-refractivity contribution >= 4 is 11.9 Å². The van der Waals surface area contributed by atoms with E-state index in [0.29, 0.717) is 26.1 Å². The van der Waals surface area contributed by atoms with Crippen molar-refractivity contribution in [2.45, 2.75) is 26.7 Å². The van der Waals surface area contributed by atoms with Crippen LogP contribution in [0.25, 0.3) is 0 Å². The number of allylic oxidation sites excluding steroid dienone is 1. The summed E-state index contributed by atoms with van der Waals surface area (Å²) in [5.41, 5.74) is 0.913. The maximum absolute atomic E-state index is 11.6. The molecule has 1 saturated carbocycles. The van der Waals surface area contributed by atoms with Crippen molar-refractivity contribution in [1.29, 1.82) is 0 Å². The summed E-state index contributed by atoms with van der Waals surface area (Å²) in [5, 5.41) is 0. The minimum Gasteiger partial charge on any atom is -0.466 e. The van der Waals surface area contributed by atoms with E-state index in [4.69, 9.17) is 9.47 Å². The Hall–Kier alpha value is -1.32. The number of carbonyl (C=O) groups excluding carboxylic acids is 2. The molecule has 1 rings (SSSR count). The van der Waals surface area contributed by atoms with Crippen LogP contribution in [-0.4, -0.2) is 25.2 Å². The summed E-state index contributed by atoms with van der Waals surface area (Å²) in [7, 11) is 0. The predicted octanol–water partition coefficient (Wildman–Crippen LogP) is 1.70. The summed E-state index contributed by atoms with van der Waals surface area (Å²) in [5.74, 6) is -1.46. The van der Waals surface area contributed by atoms with E-state index in [9.17, 15) is 9.59 Å². The van der Waals surface area contributed by atoms with E-state index in [1.165, 1.54) is 0 Å². The van der Waals surface area contributed by atoms with Crippen LogP contribution in [0.3, 0.4) is 0 Å². The zero-order valence-electron chi connectivity index (χ0n) is 9.82. The second-order valence-corrected chi connectivity index (χ2v) is 3.88. The summed E-state index contributed by atoms with van der Waals surface area (Å²) in [6, 6.07) is 0. The topological polar surface area (TPSA) is 52.6 Å². The van der Waals surface area contributed by atoms with Crippen molar-refractivity contribution in [3.05, 3.63) is 12.2 Å². The maximum atomic E-state index is 11.6. The molecule has 0 bridgehead atoms. The molecule has 0 aromatic rings. The van der Waals surface area contributed by atoms with E-state index < -0.39 is 11.8 Å². The zero-order valence-corrected chi connectivity index (χ0v) is 9.82. The second-order valence-electron chi connectivity index (χ2n) is 3.88. The largest absolute Gasteiger partial charge is 0.466 e. The minimum absolute atomic E-state index is 0.320. The average Bonchev–Trinajstić information content (AvgIpc) is 2.61. The Kier molecular flexibility index (Phi) is 4.52. The van der Waals surface area contributed by atoms with Crippen molar-refractivity contribution in [1.82, 2.24) is 0 Å². The van der Waals surface area contributed by atoms with Gasteiger partial charge in [-0.15, -0.1) is 0 Å². The molecule has 0 aromatic carbocycles. The van der Waals surface area contributed by atoms with Crippen molar-refractivity contribution in [3.63, 3.8) is 0 Å². The Labute approximate surface area is 95.6 Å². The Morgan fingerprint density at radius 2 is 1.50 bits per heavy atom. The van der Waals surface area contributed by atoms with Gasteiger partial charge in [0.15, 0.2) is 0 Å². The molecule has 4 heteroatoms. The first kappa shape index (κ1) is 12.7. The lowest BCUT2D eigenvalue weighted by Gasteiger charge is -2.15. The number of carbonyl (C=O) groups is 2. The van der Waals surface area contributed by atoms with Crippen LogP contribution in [0.1, 0.15) is 26.7 Å². The normalized spacial score (nSPS) is 24.2. The summed E-state index contributed by atoms with van der Waals surface area (Å²) >= 11 is 0. The van der Waals surface area contributed by atoms with E-state index in [2.05, 4.69) is 6.58 Å². The molecule has 2 unspecified atom stereocenters. The van der Waals surface area contributed by atoms with Crippen molar-refractivity contribution in [3.8, 4) is 0 Å². The van der Waals surface area contributed by atoms with Crippen LogP contribution in [0.5, 0.6) is 0 Å². The Bertz CT molecular complexity index is 267. The molecule has 2 atom stereocenters. The van der Waals surface area contributed by atoms with Crippen LogP contribution >= 0.6 is 0 Å². The molecule has 90 valence electrons. The van der Waals surface area contributed by atoms with Crippen LogP contribution in [0.2, 0.25) is 0 Å². The van der Waals surface area contributed by atoms with Crippen molar-refractivity contribution in [2.75, 3.05) is 13.2 Å². The maximum Gasteiger partial charge on any atom is 0.310 e. The molecule has 1 fully saturated rings. The van der Waals surface area contributed by atoms with Crippen LogP contribution in [0.15, 0.2) is 12.2 Å². The lowest BCUT2D eigenvalue weighted by Crippen LogP contribution is -2.28. The molecule has 0 heterocycles. The average molecular weight is 226 g/mol. The lowest BCUT2D eigenvalue weighted by molar-refractivity contribution is -0.158. The molecule has 4 nitrogen and oxygen atoms in total. The lowest BCUT2D eigenvalue weighted by atomic mass is 9.96. The molecule has 0 amide bonds. The highest BCUT2D eigenvalue weighted by Gasteiger charge is 2.41. The number of hydrogen-bond donors (Lipinski definition) is 0. The molecule has 1 aliphatic carbocycles. The number of rotatable bonds is 4. The van der Waals surface area contributed by atoms with Gasteiger partial charge >= 0.3 is 11.9 Å². The fraction of sp³-hybridized carbons (Fsp3) is 0.667. The van der Waals surface area contributed by atoms with Crippen molar-refractivity contribution in [2.24, 2.45) is 11.8 Å². The third kappa shape index (κ3) is 2.84. The van der Waals surface area contributed by atoms with Gasteiger partial charge in [-0.2, -0.15) is 0 Å². The van der Waals surface area contributed by atoms with Gasteiger partial charge in [-0.25, -0.2) is 0 Å². The van der Waals surface area contributed by atoms with Crippen LogP contribution in [-0.2, 0) is 19.1 Å². The molecular formula is C12H18O4. The van der Waals surface area contributed by atoms with Crippen LogP contribution in [0, 0.1) is 11.8 Å². The van der Waals surface area contributed by atoms with Gasteiger partial charge in [0.05, 0.1) is 25.0 Å². The van der Waals surface area contributed by atoms with Gasteiger partial charge in [0, 0.05) is 0 Å². The highest BCUT2D eigenvalue weighted by molar-refractivity contribution is 5.83. The van der Waals surface area contributed by atoms with Gasteiger partial charge in [-0.3, -0.25) is 9.59 Å².